The molecular formula is C36H31NO2. The zero-order valence-electron chi connectivity index (χ0n) is 21.8. The lowest BCUT2D eigenvalue weighted by atomic mass is 9.80. The molecule has 0 aliphatic heterocycles. The van der Waals surface area contributed by atoms with E-state index in [0.29, 0.717) is 19.8 Å². The monoisotopic (exact) mass is 509 g/mol. The average Bonchev–Trinajstić information content (AvgIpc) is 3.02. The molecule has 0 heterocycles. The van der Waals surface area contributed by atoms with Gasteiger partial charge in [-0.1, -0.05) is 140 Å². The Balaban J connectivity index is 1.53. The topological polar surface area (TPSA) is 22.8 Å². The van der Waals surface area contributed by atoms with Gasteiger partial charge in [-0.2, -0.15) is 0 Å². The van der Waals surface area contributed by atoms with Crippen LogP contribution in [0.5, 0.6) is 5.75 Å². The molecule has 0 aliphatic carbocycles. The Morgan fingerprint density at radius 1 is 0.590 bits per heavy atom. The molecule has 192 valence electrons. The maximum Gasteiger partial charge on any atom is 0.223 e. The third kappa shape index (κ3) is 5.93. The number of para-hydroxylation sites is 1. The second-order valence-electron chi connectivity index (χ2n) is 9.44. The lowest BCUT2D eigenvalue weighted by Crippen LogP contribution is -2.34. The summed E-state index contributed by atoms with van der Waals surface area (Å²) in [6.45, 7) is 8.84. The molecule has 0 unspecified atom stereocenters. The highest BCUT2D eigenvalue weighted by molar-refractivity contribution is 5.47. The van der Waals surface area contributed by atoms with Crippen LogP contribution in [0.3, 0.4) is 0 Å². The number of hydrogen-bond acceptors (Lipinski definition) is 2. The maximum absolute atomic E-state index is 7.74. The van der Waals surface area contributed by atoms with Crippen molar-refractivity contribution in [2.75, 3.05) is 13.2 Å². The molecule has 0 N–H and O–H groups in total. The smallest absolute Gasteiger partial charge is 0.223 e. The number of ether oxygens (including phenoxy) is 2. The second-order valence-corrected chi connectivity index (χ2v) is 9.44. The summed E-state index contributed by atoms with van der Waals surface area (Å²) in [5.74, 6) is 0.605. The minimum atomic E-state index is -0.843. The molecule has 0 radical (unpaired) electrons. The van der Waals surface area contributed by atoms with Gasteiger partial charge in [-0.3, -0.25) is 0 Å². The predicted molar refractivity (Wildman–Crippen MR) is 157 cm³/mol. The Morgan fingerprint density at radius 3 is 1.56 bits per heavy atom. The Morgan fingerprint density at radius 2 is 1.05 bits per heavy atom. The van der Waals surface area contributed by atoms with Gasteiger partial charge in [0.15, 0.2) is 0 Å². The van der Waals surface area contributed by atoms with Gasteiger partial charge in [-0.25, -0.2) is 6.57 Å². The SMILES string of the molecule is [C-]#[N+]C[C@@H](COC(c1ccccc1)(c1ccccc1)c1ccccc1)c1ccccc1OCc1ccccc1. The van der Waals surface area contributed by atoms with Crippen LogP contribution in [0, 0.1) is 6.57 Å². The van der Waals surface area contributed by atoms with Gasteiger partial charge in [0.05, 0.1) is 12.5 Å². The van der Waals surface area contributed by atoms with Gasteiger partial charge < -0.3 is 14.3 Å². The molecule has 5 aromatic rings. The number of rotatable bonds is 11. The summed E-state index contributed by atoms with van der Waals surface area (Å²) in [5, 5.41) is 0. The van der Waals surface area contributed by atoms with Crippen LogP contribution >= 0.6 is 0 Å². The third-order valence-corrected chi connectivity index (χ3v) is 6.95. The first kappa shape index (κ1) is 26.0. The van der Waals surface area contributed by atoms with Crippen molar-refractivity contribution in [3.8, 4) is 5.75 Å². The summed E-state index contributed by atoms with van der Waals surface area (Å²) < 4.78 is 13.4. The average molecular weight is 510 g/mol. The van der Waals surface area contributed by atoms with E-state index >= 15 is 0 Å². The van der Waals surface area contributed by atoms with Crippen molar-refractivity contribution in [3.63, 3.8) is 0 Å². The predicted octanol–water partition coefficient (Wildman–Crippen LogP) is 8.28. The summed E-state index contributed by atoms with van der Waals surface area (Å²) in [4.78, 5) is 3.81. The summed E-state index contributed by atoms with van der Waals surface area (Å²) in [6, 6.07) is 49.1. The van der Waals surface area contributed by atoms with Crippen molar-refractivity contribution in [1.29, 1.82) is 0 Å². The normalized spacial score (nSPS) is 11.9. The van der Waals surface area contributed by atoms with Crippen molar-refractivity contribution in [1.82, 2.24) is 0 Å². The van der Waals surface area contributed by atoms with Crippen LogP contribution in [0.25, 0.3) is 4.85 Å². The van der Waals surface area contributed by atoms with Crippen molar-refractivity contribution in [2.24, 2.45) is 0 Å². The van der Waals surface area contributed by atoms with Crippen LogP contribution < -0.4 is 4.74 Å². The van der Waals surface area contributed by atoms with E-state index in [2.05, 4.69) is 59.4 Å². The molecule has 3 nitrogen and oxygen atoms in total. The van der Waals surface area contributed by atoms with Crippen LogP contribution in [0.15, 0.2) is 146 Å². The molecular weight excluding hydrogens is 478 g/mol. The molecule has 0 saturated carbocycles. The summed E-state index contributed by atoms with van der Waals surface area (Å²) in [6.07, 6.45) is 0. The van der Waals surface area contributed by atoms with Gasteiger partial charge in [-0.15, -0.1) is 0 Å². The first-order chi connectivity index (χ1) is 19.3. The van der Waals surface area contributed by atoms with Gasteiger partial charge in [0.25, 0.3) is 0 Å². The van der Waals surface area contributed by atoms with Crippen molar-refractivity contribution in [3.05, 3.63) is 185 Å². The molecule has 3 heteroatoms. The van der Waals surface area contributed by atoms with Crippen LogP contribution in [-0.4, -0.2) is 13.2 Å². The van der Waals surface area contributed by atoms with E-state index < -0.39 is 5.60 Å². The van der Waals surface area contributed by atoms with E-state index in [9.17, 15) is 0 Å². The molecule has 1 atom stereocenters. The Hall–Kier alpha value is -4.65. The van der Waals surface area contributed by atoms with E-state index in [-0.39, 0.29) is 5.92 Å². The lowest BCUT2D eigenvalue weighted by molar-refractivity contribution is 0.00557. The van der Waals surface area contributed by atoms with Gasteiger partial charge in [0, 0.05) is 5.56 Å². The van der Waals surface area contributed by atoms with Crippen LogP contribution in [-0.2, 0) is 16.9 Å². The molecule has 5 rings (SSSR count). The highest BCUT2D eigenvalue weighted by atomic mass is 16.5. The van der Waals surface area contributed by atoms with Crippen molar-refractivity contribution < 1.29 is 9.47 Å². The Labute approximate surface area is 231 Å². The van der Waals surface area contributed by atoms with E-state index in [1.807, 2.05) is 91.0 Å². The Kier molecular flexibility index (Phi) is 8.48. The standard InChI is InChI=1S/C36H31NO2/c1-37-26-30(34-24-14-15-25-35(34)38-27-29-16-6-2-7-17-29)28-39-36(31-18-8-3-9-19-31,32-20-10-4-11-21-32)33-22-12-5-13-23-33/h2-25,30H,26-28H2/t30-/m0/s1. The van der Waals surface area contributed by atoms with Crippen molar-refractivity contribution in [2.45, 2.75) is 18.1 Å². The molecule has 39 heavy (non-hydrogen) atoms. The quantitative estimate of drug-likeness (QED) is 0.132. The second kappa shape index (κ2) is 12.7. The largest absolute Gasteiger partial charge is 0.489 e. The number of benzene rings is 5. The molecule has 0 bridgehead atoms. The minimum Gasteiger partial charge on any atom is -0.489 e. The highest BCUT2D eigenvalue weighted by Gasteiger charge is 2.38. The molecule has 0 aromatic heterocycles. The molecule has 0 saturated heterocycles. The first-order valence-corrected chi connectivity index (χ1v) is 13.2. The van der Waals surface area contributed by atoms with E-state index in [0.717, 1.165) is 33.6 Å². The third-order valence-electron chi connectivity index (χ3n) is 6.95. The van der Waals surface area contributed by atoms with Crippen LogP contribution in [0.1, 0.15) is 33.7 Å². The van der Waals surface area contributed by atoms with Gasteiger partial charge in [0.2, 0.25) is 6.54 Å². The zero-order chi connectivity index (χ0) is 26.8. The summed E-state index contributed by atoms with van der Waals surface area (Å²) in [5.41, 5.74) is 4.35. The molecule has 0 aliphatic rings. The Bertz CT molecular complexity index is 1380. The molecule has 0 spiro atoms. The van der Waals surface area contributed by atoms with Gasteiger partial charge >= 0.3 is 0 Å². The number of nitrogens with zero attached hydrogens (tertiary/aromatic N) is 1. The zero-order valence-corrected chi connectivity index (χ0v) is 21.8. The summed E-state index contributed by atoms with van der Waals surface area (Å²) in [7, 11) is 0. The lowest BCUT2D eigenvalue weighted by Gasteiger charge is -2.37. The van der Waals surface area contributed by atoms with Gasteiger partial charge in [-0.05, 0) is 28.3 Å². The molecule has 5 aromatic carbocycles. The fraction of sp³-hybridized carbons (Fsp3) is 0.139. The highest BCUT2D eigenvalue weighted by Crippen LogP contribution is 2.42. The maximum atomic E-state index is 7.74. The number of hydrogen-bond donors (Lipinski definition) is 0. The summed E-state index contributed by atoms with van der Waals surface area (Å²) >= 11 is 0. The van der Waals surface area contributed by atoms with E-state index in [4.69, 9.17) is 16.0 Å². The van der Waals surface area contributed by atoms with Crippen LogP contribution in [0.2, 0.25) is 0 Å². The fourth-order valence-electron chi connectivity index (χ4n) is 5.03. The van der Waals surface area contributed by atoms with E-state index in [1.54, 1.807) is 0 Å². The minimum absolute atomic E-state index is 0.176. The first-order valence-electron chi connectivity index (χ1n) is 13.2. The fourth-order valence-corrected chi connectivity index (χ4v) is 5.03. The van der Waals surface area contributed by atoms with Crippen LogP contribution in [0.4, 0.5) is 0 Å². The van der Waals surface area contributed by atoms with Gasteiger partial charge in [0.1, 0.15) is 18.0 Å². The van der Waals surface area contributed by atoms with Crippen molar-refractivity contribution >= 4 is 0 Å². The molecule has 0 amide bonds. The molecule has 0 fully saturated rings. The van der Waals surface area contributed by atoms with E-state index in [1.165, 1.54) is 0 Å².